The van der Waals surface area contributed by atoms with Crippen molar-refractivity contribution in [2.24, 2.45) is 11.3 Å². The summed E-state index contributed by atoms with van der Waals surface area (Å²) in [5.74, 6) is 0.714. The van der Waals surface area contributed by atoms with E-state index in [-0.39, 0.29) is 0 Å². The molecule has 2 rings (SSSR count). The van der Waals surface area contributed by atoms with Gasteiger partial charge in [0.05, 0.1) is 6.10 Å². The number of rotatable bonds is 5. The lowest BCUT2D eigenvalue weighted by Gasteiger charge is -2.43. The van der Waals surface area contributed by atoms with Crippen LogP contribution in [0.15, 0.2) is 0 Å². The Morgan fingerprint density at radius 1 is 1.20 bits per heavy atom. The summed E-state index contributed by atoms with van der Waals surface area (Å²) in [7, 11) is 3.99. The molecule has 3 heteroatoms. The van der Waals surface area contributed by atoms with Gasteiger partial charge in [0.2, 0.25) is 0 Å². The van der Waals surface area contributed by atoms with E-state index < -0.39 is 0 Å². The maximum absolute atomic E-state index is 5.68. The molecule has 3 nitrogen and oxygen atoms in total. The summed E-state index contributed by atoms with van der Waals surface area (Å²) in [4.78, 5) is 2.68. The van der Waals surface area contributed by atoms with E-state index in [9.17, 15) is 0 Å². The van der Waals surface area contributed by atoms with Gasteiger partial charge < -0.3 is 15.0 Å². The van der Waals surface area contributed by atoms with Crippen molar-refractivity contribution in [2.75, 3.05) is 40.3 Å². The van der Waals surface area contributed by atoms with E-state index in [2.05, 4.69) is 24.2 Å². The second kappa shape index (κ2) is 7.77. The van der Waals surface area contributed by atoms with Crippen LogP contribution < -0.4 is 5.32 Å². The molecule has 118 valence electrons. The Morgan fingerprint density at radius 3 is 2.50 bits per heavy atom. The lowest BCUT2D eigenvalue weighted by molar-refractivity contribution is -0.0198. The van der Waals surface area contributed by atoms with Crippen molar-refractivity contribution in [3.05, 3.63) is 0 Å². The molecule has 1 N–H and O–H groups in total. The third kappa shape index (κ3) is 4.19. The number of piperidine rings is 1. The first-order chi connectivity index (χ1) is 9.69. The van der Waals surface area contributed by atoms with E-state index in [1.807, 2.05) is 7.11 Å². The Kier molecular flexibility index (Phi) is 6.31. The number of nitrogens with one attached hydrogen (secondary N) is 1. The predicted molar refractivity (Wildman–Crippen MR) is 85.1 cm³/mol. The van der Waals surface area contributed by atoms with Gasteiger partial charge in [-0.3, -0.25) is 0 Å². The number of nitrogens with zero attached hydrogens (tertiary/aromatic N) is 1. The molecule has 0 radical (unpaired) electrons. The molecule has 1 heterocycles. The molecule has 0 bridgehead atoms. The molecule has 0 aromatic heterocycles. The summed E-state index contributed by atoms with van der Waals surface area (Å²) >= 11 is 0. The van der Waals surface area contributed by atoms with Crippen molar-refractivity contribution in [3.63, 3.8) is 0 Å². The minimum atomic E-state index is 0.432. The highest BCUT2D eigenvalue weighted by Gasteiger charge is 2.35. The zero-order valence-electron chi connectivity index (χ0n) is 13.8. The maximum Gasteiger partial charge on any atom is 0.0724 e. The zero-order valence-corrected chi connectivity index (χ0v) is 13.8. The molecule has 2 aliphatic rings. The third-order valence-electron chi connectivity index (χ3n) is 5.55. The van der Waals surface area contributed by atoms with Crippen molar-refractivity contribution in [1.29, 1.82) is 0 Å². The van der Waals surface area contributed by atoms with Crippen LogP contribution in [0.4, 0.5) is 0 Å². The number of likely N-dealkylation sites (tertiary alicyclic amines) is 1. The minimum absolute atomic E-state index is 0.432. The minimum Gasteiger partial charge on any atom is -0.380 e. The molecule has 0 aromatic carbocycles. The van der Waals surface area contributed by atoms with Crippen molar-refractivity contribution < 1.29 is 4.74 Å². The summed E-state index contributed by atoms with van der Waals surface area (Å²) in [6.45, 7) is 7.16. The number of ether oxygens (including phenoxy) is 1. The molecule has 1 saturated carbocycles. The second-order valence-electron chi connectivity index (χ2n) is 7.22. The van der Waals surface area contributed by atoms with E-state index in [1.54, 1.807) is 0 Å². The quantitative estimate of drug-likeness (QED) is 0.785. The van der Waals surface area contributed by atoms with E-state index >= 15 is 0 Å². The molecule has 1 aliphatic carbocycles. The van der Waals surface area contributed by atoms with Crippen LogP contribution in [0.1, 0.15) is 51.9 Å². The SMILES string of the molecule is CNCC1(CN2CCC(C)C(OC)C2)CCCCCC1. The Bertz CT molecular complexity index is 274. The van der Waals surface area contributed by atoms with Crippen molar-refractivity contribution in [2.45, 2.75) is 58.0 Å². The van der Waals surface area contributed by atoms with Gasteiger partial charge >= 0.3 is 0 Å². The molecule has 2 fully saturated rings. The first kappa shape index (κ1) is 16.3. The molecule has 1 saturated heterocycles. The fraction of sp³-hybridized carbons (Fsp3) is 1.00. The highest BCUT2D eigenvalue weighted by Crippen LogP contribution is 2.36. The number of methoxy groups -OCH3 is 1. The zero-order chi connectivity index (χ0) is 14.4. The molecule has 2 atom stereocenters. The summed E-state index contributed by atoms with van der Waals surface area (Å²) in [6, 6.07) is 0. The topological polar surface area (TPSA) is 24.5 Å². The smallest absolute Gasteiger partial charge is 0.0724 e. The van der Waals surface area contributed by atoms with Gasteiger partial charge in [0.15, 0.2) is 0 Å². The first-order valence-electron chi connectivity index (χ1n) is 8.59. The fourth-order valence-electron chi connectivity index (χ4n) is 4.27. The summed E-state index contributed by atoms with van der Waals surface area (Å²) in [6.07, 6.45) is 10.2. The van der Waals surface area contributed by atoms with Gasteiger partial charge in [-0.15, -0.1) is 0 Å². The standard InChI is InChI=1S/C17H34N2O/c1-15-8-11-19(12-16(15)20-3)14-17(13-18-2)9-6-4-5-7-10-17/h15-16,18H,4-14H2,1-3H3. The summed E-state index contributed by atoms with van der Waals surface area (Å²) in [5, 5.41) is 3.47. The first-order valence-corrected chi connectivity index (χ1v) is 8.59. The Hall–Kier alpha value is -0.120. The highest BCUT2D eigenvalue weighted by molar-refractivity contribution is 4.89. The second-order valence-corrected chi connectivity index (χ2v) is 7.22. The normalized spacial score (nSPS) is 31.9. The maximum atomic E-state index is 5.68. The van der Waals surface area contributed by atoms with Gasteiger partial charge in [-0.1, -0.05) is 32.6 Å². The van der Waals surface area contributed by atoms with Gasteiger partial charge in [0.25, 0.3) is 0 Å². The van der Waals surface area contributed by atoms with E-state index in [1.165, 1.54) is 64.6 Å². The number of hydrogen-bond donors (Lipinski definition) is 1. The summed E-state index contributed by atoms with van der Waals surface area (Å²) in [5.41, 5.74) is 0.504. The van der Waals surface area contributed by atoms with Crippen molar-refractivity contribution in [3.8, 4) is 0 Å². The third-order valence-corrected chi connectivity index (χ3v) is 5.55. The molecule has 1 aliphatic heterocycles. The molecule has 20 heavy (non-hydrogen) atoms. The van der Waals surface area contributed by atoms with Crippen molar-refractivity contribution >= 4 is 0 Å². The average molecular weight is 282 g/mol. The lowest BCUT2D eigenvalue weighted by Crippen LogP contribution is -2.50. The van der Waals surface area contributed by atoms with Crippen molar-refractivity contribution in [1.82, 2.24) is 10.2 Å². The molecular weight excluding hydrogens is 248 g/mol. The highest BCUT2D eigenvalue weighted by atomic mass is 16.5. The van der Waals surface area contributed by atoms with Crippen LogP contribution in [0, 0.1) is 11.3 Å². The Balaban J connectivity index is 1.96. The van der Waals surface area contributed by atoms with Crippen LogP contribution in [-0.4, -0.2) is 51.3 Å². The molecule has 0 amide bonds. The van der Waals surface area contributed by atoms with Gasteiger partial charge in [-0.05, 0) is 44.2 Å². The van der Waals surface area contributed by atoms with Gasteiger partial charge in [-0.2, -0.15) is 0 Å². The average Bonchev–Trinajstić information content (AvgIpc) is 2.67. The fourth-order valence-corrected chi connectivity index (χ4v) is 4.27. The van der Waals surface area contributed by atoms with Crippen LogP contribution in [-0.2, 0) is 4.74 Å². The summed E-state index contributed by atoms with van der Waals surface area (Å²) < 4.78 is 5.68. The van der Waals surface area contributed by atoms with Gasteiger partial charge in [0, 0.05) is 26.7 Å². The van der Waals surface area contributed by atoms with E-state index in [0.717, 1.165) is 6.54 Å². The predicted octanol–water partition coefficient (Wildman–Crippen LogP) is 2.90. The van der Waals surface area contributed by atoms with Crippen LogP contribution >= 0.6 is 0 Å². The van der Waals surface area contributed by atoms with Crippen LogP contribution in [0.3, 0.4) is 0 Å². The van der Waals surface area contributed by atoms with Crippen LogP contribution in [0.25, 0.3) is 0 Å². The monoisotopic (exact) mass is 282 g/mol. The Morgan fingerprint density at radius 2 is 1.90 bits per heavy atom. The largest absolute Gasteiger partial charge is 0.380 e. The van der Waals surface area contributed by atoms with Crippen LogP contribution in [0.5, 0.6) is 0 Å². The van der Waals surface area contributed by atoms with E-state index in [4.69, 9.17) is 4.74 Å². The molecule has 0 spiro atoms. The van der Waals surface area contributed by atoms with Gasteiger partial charge in [0.1, 0.15) is 0 Å². The molecule has 0 aromatic rings. The molecular formula is C17H34N2O. The van der Waals surface area contributed by atoms with Gasteiger partial charge in [-0.25, -0.2) is 0 Å². The Labute approximate surface area is 125 Å². The van der Waals surface area contributed by atoms with Crippen LogP contribution in [0.2, 0.25) is 0 Å². The van der Waals surface area contributed by atoms with E-state index in [0.29, 0.717) is 17.4 Å². The molecule has 2 unspecified atom stereocenters. The number of hydrogen-bond acceptors (Lipinski definition) is 3. The lowest BCUT2D eigenvalue weighted by atomic mass is 9.79.